The summed E-state index contributed by atoms with van der Waals surface area (Å²) in [5.41, 5.74) is -0.0887. The van der Waals surface area contributed by atoms with Gasteiger partial charge in [-0.1, -0.05) is 23.7 Å². The average Bonchev–Trinajstić information content (AvgIpc) is 2.62. The van der Waals surface area contributed by atoms with Crippen molar-refractivity contribution in [3.05, 3.63) is 57.5 Å². The van der Waals surface area contributed by atoms with Gasteiger partial charge in [0.25, 0.3) is 11.5 Å². The molecule has 0 N–H and O–H groups in total. The van der Waals surface area contributed by atoms with Crippen molar-refractivity contribution in [2.75, 3.05) is 33.9 Å². The summed E-state index contributed by atoms with van der Waals surface area (Å²) in [5.74, 6) is 0.269. The minimum absolute atomic E-state index is 0.191. The smallest absolute Gasteiger partial charge is 0.274 e. The molecule has 0 aliphatic carbocycles. The van der Waals surface area contributed by atoms with Gasteiger partial charge in [0.05, 0.1) is 24.7 Å². The maximum absolute atomic E-state index is 12.4. The number of halogens is 1. The second-order valence-electron chi connectivity index (χ2n) is 5.28. The highest BCUT2D eigenvalue weighted by Gasteiger charge is 2.15. The third-order valence-corrected chi connectivity index (χ3v) is 3.77. The van der Waals surface area contributed by atoms with Gasteiger partial charge < -0.3 is 14.4 Å². The van der Waals surface area contributed by atoms with Gasteiger partial charge in [0, 0.05) is 20.2 Å². The number of methoxy groups -OCH3 is 1. The number of ether oxygens (including phenoxy) is 2. The number of carbonyl (C=O) groups excluding carboxylic acids is 1. The fourth-order valence-corrected chi connectivity index (χ4v) is 2.24. The molecule has 1 amide bonds. The SMILES string of the molecule is COCCn1nc(C(=O)N(C)CCOc2ccccc2Cl)ccc1=O. The van der Waals surface area contributed by atoms with Crippen LogP contribution in [-0.4, -0.2) is 54.5 Å². The molecule has 0 bridgehead atoms. The van der Waals surface area contributed by atoms with E-state index in [2.05, 4.69) is 5.10 Å². The molecule has 0 saturated carbocycles. The third kappa shape index (κ3) is 5.30. The minimum Gasteiger partial charge on any atom is -0.490 e. The summed E-state index contributed by atoms with van der Waals surface area (Å²) >= 11 is 6.01. The van der Waals surface area contributed by atoms with Crippen LogP contribution in [0.5, 0.6) is 5.75 Å². The molecule has 0 spiro atoms. The van der Waals surface area contributed by atoms with E-state index in [1.165, 1.54) is 28.8 Å². The Labute approximate surface area is 150 Å². The van der Waals surface area contributed by atoms with Crippen LogP contribution in [-0.2, 0) is 11.3 Å². The topological polar surface area (TPSA) is 73.7 Å². The lowest BCUT2D eigenvalue weighted by Crippen LogP contribution is -2.34. The first kappa shape index (κ1) is 19.0. The molecule has 2 rings (SSSR count). The van der Waals surface area contributed by atoms with Crippen LogP contribution in [0, 0.1) is 0 Å². The number of benzene rings is 1. The van der Waals surface area contributed by atoms with E-state index in [0.717, 1.165) is 0 Å². The zero-order chi connectivity index (χ0) is 18.2. The van der Waals surface area contributed by atoms with Crippen molar-refractivity contribution < 1.29 is 14.3 Å². The summed E-state index contributed by atoms with van der Waals surface area (Å²) in [6, 6.07) is 9.87. The van der Waals surface area contributed by atoms with Crippen LogP contribution in [0.3, 0.4) is 0 Å². The van der Waals surface area contributed by atoms with Gasteiger partial charge >= 0.3 is 0 Å². The molecule has 1 aromatic heterocycles. The monoisotopic (exact) mass is 365 g/mol. The first-order chi connectivity index (χ1) is 12.0. The van der Waals surface area contributed by atoms with Crippen LogP contribution in [0.15, 0.2) is 41.2 Å². The van der Waals surface area contributed by atoms with Gasteiger partial charge in [-0.2, -0.15) is 5.10 Å². The first-order valence-electron chi connectivity index (χ1n) is 7.73. The van der Waals surface area contributed by atoms with Gasteiger partial charge in [0.1, 0.15) is 18.1 Å². The molecule has 8 heteroatoms. The Kier molecular flexibility index (Phi) is 6.97. The predicted octanol–water partition coefficient (Wildman–Crippen LogP) is 1.69. The molecule has 0 fully saturated rings. The normalized spacial score (nSPS) is 10.5. The number of nitrogens with zero attached hydrogens (tertiary/aromatic N) is 3. The molecule has 1 aromatic carbocycles. The summed E-state index contributed by atoms with van der Waals surface area (Å²) in [6.45, 7) is 1.26. The van der Waals surface area contributed by atoms with E-state index in [1.807, 2.05) is 12.1 Å². The molecule has 0 unspecified atom stereocenters. The lowest BCUT2D eigenvalue weighted by atomic mass is 10.3. The van der Waals surface area contributed by atoms with E-state index in [1.54, 1.807) is 19.2 Å². The van der Waals surface area contributed by atoms with Gasteiger partial charge in [-0.15, -0.1) is 0 Å². The zero-order valence-corrected chi connectivity index (χ0v) is 14.9. The molecule has 134 valence electrons. The van der Waals surface area contributed by atoms with Crippen molar-refractivity contribution in [2.45, 2.75) is 6.54 Å². The molecule has 7 nitrogen and oxygen atoms in total. The fraction of sp³-hybridized carbons (Fsp3) is 0.353. The van der Waals surface area contributed by atoms with Crippen LogP contribution in [0.4, 0.5) is 0 Å². The molecule has 2 aromatic rings. The van der Waals surface area contributed by atoms with Gasteiger partial charge in [-0.05, 0) is 18.2 Å². The Morgan fingerprint density at radius 1 is 1.24 bits per heavy atom. The molecule has 0 radical (unpaired) electrons. The Bertz CT molecular complexity index is 778. The Morgan fingerprint density at radius 2 is 2.00 bits per heavy atom. The number of para-hydroxylation sites is 1. The van der Waals surface area contributed by atoms with Crippen LogP contribution in [0.25, 0.3) is 0 Å². The summed E-state index contributed by atoms with van der Waals surface area (Å²) in [6.07, 6.45) is 0. The van der Waals surface area contributed by atoms with E-state index >= 15 is 0 Å². The fourth-order valence-electron chi connectivity index (χ4n) is 2.05. The average molecular weight is 366 g/mol. The van der Waals surface area contributed by atoms with Crippen molar-refractivity contribution in [3.8, 4) is 5.75 Å². The number of rotatable bonds is 8. The molecule has 0 aliphatic rings. The van der Waals surface area contributed by atoms with Crippen molar-refractivity contribution in [3.63, 3.8) is 0 Å². The molecule has 0 atom stereocenters. The summed E-state index contributed by atoms with van der Waals surface area (Å²) in [7, 11) is 3.18. The highest BCUT2D eigenvalue weighted by molar-refractivity contribution is 6.32. The van der Waals surface area contributed by atoms with E-state index in [-0.39, 0.29) is 30.3 Å². The Balaban J connectivity index is 1.95. The summed E-state index contributed by atoms with van der Waals surface area (Å²) in [4.78, 5) is 25.6. The second-order valence-corrected chi connectivity index (χ2v) is 5.69. The van der Waals surface area contributed by atoms with Crippen molar-refractivity contribution >= 4 is 17.5 Å². The van der Waals surface area contributed by atoms with E-state index in [9.17, 15) is 9.59 Å². The number of hydrogen-bond donors (Lipinski definition) is 0. The van der Waals surface area contributed by atoms with E-state index < -0.39 is 0 Å². The zero-order valence-electron chi connectivity index (χ0n) is 14.1. The molecule has 1 heterocycles. The quantitative estimate of drug-likeness (QED) is 0.711. The molecule has 0 aliphatic heterocycles. The van der Waals surface area contributed by atoms with Crippen molar-refractivity contribution in [1.82, 2.24) is 14.7 Å². The highest BCUT2D eigenvalue weighted by atomic mass is 35.5. The number of carbonyl (C=O) groups is 1. The van der Waals surface area contributed by atoms with Crippen LogP contribution >= 0.6 is 11.6 Å². The number of likely N-dealkylation sites (N-methyl/N-ethyl adjacent to an activating group) is 1. The third-order valence-electron chi connectivity index (χ3n) is 3.46. The minimum atomic E-state index is -0.297. The Morgan fingerprint density at radius 3 is 2.72 bits per heavy atom. The maximum atomic E-state index is 12.4. The van der Waals surface area contributed by atoms with Crippen molar-refractivity contribution in [1.29, 1.82) is 0 Å². The second kappa shape index (κ2) is 9.19. The predicted molar refractivity (Wildman–Crippen MR) is 94.3 cm³/mol. The van der Waals surface area contributed by atoms with Gasteiger partial charge in [0.15, 0.2) is 0 Å². The molecular formula is C17H20ClN3O4. The maximum Gasteiger partial charge on any atom is 0.274 e. The summed E-state index contributed by atoms with van der Waals surface area (Å²) < 4.78 is 11.7. The molecular weight excluding hydrogens is 346 g/mol. The molecule has 25 heavy (non-hydrogen) atoms. The molecule has 0 saturated heterocycles. The first-order valence-corrected chi connectivity index (χ1v) is 8.10. The van der Waals surface area contributed by atoms with Gasteiger partial charge in [-0.3, -0.25) is 9.59 Å². The van der Waals surface area contributed by atoms with E-state index in [4.69, 9.17) is 21.1 Å². The summed E-state index contributed by atoms with van der Waals surface area (Å²) in [5, 5.41) is 4.60. The van der Waals surface area contributed by atoms with E-state index in [0.29, 0.717) is 23.9 Å². The Hall–Kier alpha value is -2.38. The van der Waals surface area contributed by atoms with Crippen molar-refractivity contribution in [2.24, 2.45) is 0 Å². The van der Waals surface area contributed by atoms with Crippen LogP contribution in [0.1, 0.15) is 10.5 Å². The standard InChI is InChI=1S/C17H20ClN3O4/c1-20(9-12-25-15-6-4-3-5-13(15)18)17(23)14-7-8-16(22)21(19-14)10-11-24-2/h3-8H,9-12H2,1-2H3. The van der Waals surface area contributed by atoms with Crippen LogP contribution in [0.2, 0.25) is 5.02 Å². The number of hydrogen-bond acceptors (Lipinski definition) is 5. The largest absolute Gasteiger partial charge is 0.490 e. The lowest BCUT2D eigenvalue weighted by Gasteiger charge is -2.17. The highest BCUT2D eigenvalue weighted by Crippen LogP contribution is 2.22. The van der Waals surface area contributed by atoms with Crippen LogP contribution < -0.4 is 10.3 Å². The number of aromatic nitrogens is 2. The number of amides is 1. The van der Waals surface area contributed by atoms with Gasteiger partial charge in [0.2, 0.25) is 0 Å². The van der Waals surface area contributed by atoms with Gasteiger partial charge in [-0.25, -0.2) is 4.68 Å². The lowest BCUT2D eigenvalue weighted by molar-refractivity contribution is 0.0764.